The van der Waals surface area contributed by atoms with Crippen molar-refractivity contribution in [2.45, 2.75) is 33.6 Å². The Morgan fingerprint density at radius 2 is 2.11 bits per heavy atom. The van der Waals surface area contributed by atoms with Gasteiger partial charge in [0.1, 0.15) is 4.88 Å². The van der Waals surface area contributed by atoms with Crippen molar-refractivity contribution in [3.63, 3.8) is 0 Å². The molecule has 5 nitrogen and oxygen atoms in total. The van der Waals surface area contributed by atoms with Crippen molar-refractivity contribution < 1.29 is 14.3 Å². The number of nitrogens with one attached hydrogen (secondary N) is 1. The molecule has 18 heavy (non-hydrogen) atoms. The number of carbonyl (C=O) groups is 2. The second kappa shape index (κ2) is 7.10. The third-order valence-corrected chi connectivity index (χ3v) is 3.33. The predicted octanol–water partition coefficient (Wildman–Crippen LogP) is 1.83. The second-order valence-electron chi connectivity index (χ2n) is 3.81. The van der Waals surface area contributed by atoms with Crippen molar-refractivity contribution >= 4 is 23.2 Å². The van der Waals surface area contributed by atoms with Gasteiger partial charge in [-0.05, 0) is 27.2 Å². The molecule has 0 spiro atoms. The topological polar surface area (TPSA) is 68.3 Å². The van der Waals surface area contributed by atoms with Gasteiger partial charge >= 0.3 is 5.97 Å². The van der Waals surface area contributed by atoms with E-state index in [4.69, 9.17) is 4.74 Å². The first kappa shape index (κ1) is 14.6. The van der Waals surface area contributed by atoms with E-state index in [2.05, 4.69) is 10.3 Å². The van der Waals surface area contributed by atoms with Crippen LogP contribution in [-0.4, -0.2) is 30.0 Å². The van der Waals surface area contributed by atoms with E-state index in [-0.39, 0.29) is 11.9 Å². The Labute approximate surface area is 111 Å². The molecule has 1 heterocycles. The Balaban J connectivity index is 2.30. The lowest BCUT2D eigenvalue weighted by Crippen LogP contribution is -2.24. The van der Waals surface area contributed by atoms with Gasteiger partial charge in [-0.15, -0.1) is 11.3 Å². The van der Waals surface area contributed by atoms with Crippen LogP contribution in [0, 0.1) is 13.8 Å². The number of carbonyl (C=O) groups excluding carboxylic acids is 2. The number of esters is 1. The molecule has 0 radical (unpaired) electrons. The molecule has 1 rings (SSSR count). The molecule has 0 aliphatic carbocycles. The van der Waals surface area contributed by atoms with E-state index in [1.54, 1.807) is 6.92 Å². The van der Waals surface area contributed by atoms with Gasteiger partial charge in [0.25, 0.3) is 5.91 Å². The van der Waals surface area contributed by atoms with Gasteiger partial charge in [0, 0.05) is 13.0 Å². The molecule has 0 saturated carbocycles. The molecule has 0 saturated heterocycles. The fourth-order valence-corrected chi connectivity index (χ4v) is 2.33. The molecule has 0 unspecified atom stereocenters. The molecule has 0 aliphatic heterocycles. The number of aryl methyl sites for hydroxylation is 2. The van der Waals surface area contributed by atoms with E-state index >= 15 is 0 Å². The summed E-state index contributed by atoms with van der Waals surface area (Å²) in [4.78, 5) is 27.7. The van der Waals surface area contributed by atoms with E-state index in [1.807, 2.05) is 13.8 Å². The van der Waals surface area contributed by atoms with Crippen molar-refractivity contribution in [2.75, 3.05) is 13.2 Å². The van der Waals surface area contributed by atoms with Crippen LogP contribution in [-0.2, 0) is 9.53 Å². The van der Waals surface area contributed by atoms with Gasteiger partial charge in [-0.25, -0.2) is 4.98 Å². The Morgan fingerprint density at radius 1 is 1.39 bits per heavy atom. The van der Waals surface area contributed by atoms with Crippen molar-refractivity contribution in [2.24, 2.45) is 0 Å². The van der Waals surface area contributed by atoms with Crippen LogP contribution in [0.2, 0.25) is 0 Å². The Hall–Kier alpha value is -1.43. The quantitative estimate of drug-likeness (QED) is 0.632. The zero-order valence-electron chi connectivity index (χ0n) is 10.9. The van der Waals surface area contributed by atoms with E-state index in [0.717, 1.165) is 10.7 Å². The van der Waals surface area contributed by atoms with E-state index < -0.39 is 0 Å². The van der Waals surface area contributed by atoms with Gasteiger partial charge in [0.2, 0.25) is 0 Å². The highest BCUT2D eigenvalue weighted by atomic mass is 32.1. The number of amides is 1. The summed E-state index contributed by atoms with van der Waals surface area (Å²) in [6, 6.07) is 0. The number of thiazole rings is 1. The molecule has 1 aromatic rings. The molecule has 0 atom stereocenters. The summed E-state index contributed by atoms with van der Waals surface area (Å²) in [6.07, 6.45) is 0.913. The van der Waals surface area contributed by atoms with E-state index in [9.17, 15) is 9.59 Å². The smallest absolute Gasteiger partial charge is 0.305 e. The molecule has 0 fully saturated rings. The number of aromatic nitrogens is 1. The lowest BCUT2D eigenvalue weighted by Gasteiger charge is -2.04. The van der Waals surface area contributed by atoms with Gasteiger partial charge in [-0.1, -0.05) is 0 Å². The molecule has 6 heteroatoms. The van der Waals surface area contributed by atoms with Gasteiger partial charge in [0.15, 0.2) is 0 Å². The minimum Gasteiger partial charge on any atom is -0.466 e. The first-order valence-electron chi connectivity index (χ1n) is 5.92. The normalized spacial score (nSPS) is 10.2. The first-order chi connectivity index (χ1) is 8.54. The van der Waals surface area contributed by atoms with Crippen molar-refractivity contribution in [1.82, 2.24) is 10.3 Å². The monoisotopic (exact) mass is 270 g/mol. The lowest BCUT2D eigenvalue weighted by molar-refractivity contribution is -0.143. The SMILES string of the molecule is CCOC(=O)CCCNC(=O)c1sc(C)nc1C. The van der Waals surface area contributed by atoms with Gasteiger partial charge in [0.05, 0.1) is 17.3 Å². The maximum atomic E-state index is 11.8. The van der Waals surface area contributed by atoms with Crippen LogP contribution in [0.3, 0.4) is 0 Å². The summed E-state index contributed by atoms with van der Waals surface area (Å²) in [6.45, 7) is 6.32. The molecule has 0 aliphatic rings. The predicted molar refractivity (Wildman–Crippen MR) is 69.8 cm³/mol. The highest BCUT2D eigenvalue weighted by Gasteiger charge is 2.13. The highest BCUT2D eigenvalue weighted by Crippen LogP contribution is 2.16. The maximum Gasteiger partial charge on any atom is 0.305 e. The van der Waals surface area contributed by atoms with Crippen molar-refractivity contribution in [3.8, 4) is 0 Å². The average Bonchev–Trinajstić information content (AvgIpc) is 2.64. The zero-order valence-corrected chi connectivity index (χ0v) is 11.7. The van der Waals surface area contributed by atoms with Crippen LogP contribution in [0.4, 0.5) is 0 Å². The summed E-state index contributed by atoms with van der Waals surface area (Å²) in [5.41, 5.74) is 0.750. The lowest BCUT2D eigenvalue weighted by atomic mass is 10.3. The zero-order chi connectivity index (χ0) is 13.5. The highest BCUT2D eigenvalue weighted by molar-refractivity contribution is 7.13. The third-order valence-electron chi connectivity index (χ3n) is 2.26. The van der Waals surface area contributed by atoms with Crippen LogP contribution in [0.1, 0.15) is 40.1 Å². The molecule has 1 N–H and O–H groups in total. The molecular weight excluding hydrogens is 252 g/mol. The minimum atomic E-state index is -0.225. The van der Waals surface area contributed by atoms with Crippen LogP contribution >= 0.6 is 11.3 Å². The van der Waals surface area contributed by atoms with Crippen LogP contribution in [0.25, 0.3) is 0 Å². The third kappa shape index (κ3) is 4.44. The maximum absolute atomic E-state index is 11.8. The van der Waals surface area contributed by atoms with E-state index in [1.165, 1.54) is 11.3 Å². The molecule has 100 valence electrons. The van der Waals surface area contributed by atoms with Gasteiger partial charge in [-0.3, -0.25) is 9.59 Å². The first-order valence-corrected chi connectivity index (χ1v) is 6.74. The summed E-state index contributed by atoms with van der Waals surface area (Å²) in [7, 11) is 0. The number of rotatable bonds is 6. The Morgan fingerprint density at radius 3 is 2.67 bits per heavy atom. The fraction of sp³-hybridized carbons (Fsp3) is 0.583. The number of hydrogen-bond acceptors (Lipinski definition) is 5. The minimum absolute atomic E-state index is 0.123. The van der Waals surface area contributed by atoms with Crippen molar-refractivity contribution in [3.05, 3.63) is 15.6 Å². The molecular formula is C12H18N2O3S. The van der Waals surface area contributed by atoms with Crippen LogP contribution in [0.5, 0.6) is 0 Å². The van der Waals surface area contributed by atoms with Crippen LogP contribution in [0.15, 0.2) is 0 Å². The Bertz CT molecular complexity index is 429. The molecule has 0 aromatic carbocycles. The fourth-order valence-electron chi connectivity index (χ4n) is 1.49. The van der Waals surface area contributed by atoms with Gasteiger partial charge < -0.3 is 10.1 Å². The number of hydrogen-bond donors (Lipinski definition) is 1. The molecule has 1 amide bonds. The van der Waals surface area contributed by atoms with Gasteiger partial charge in [-0.2, -0.15) is 0 Å². The molecule has 0 bridgehead atoms. The number of ether oxygens (including phenoxy) is 1. The summed E-state index contributed by atoms with van der Waals surface area (Å²) in [5.74, 6) is -0.349. The summed E-state index contributed by atoms with van der Waals surface area (Å²) in [5, 5.41) is 3.65. The summed E-state index contributed by atoms with van der Waals surface area (Å²) < 4.78 is 4.80. The van der Waals surface area contributed by atoms with Crippen molar-refractivity contribution in [1.29, 1.82) is 0 Å². The largest absolute Gasteiger partial charge is 0.466 e. The second-order valence-corrected chi connectivity index (χ2v) is 5.02. The Kier molecular flexibility index (Phi) is 5.77. The summed E-state index contributed by atoms with van der Waals surface area (Å²) >= 11 is 1.38. The molecule has 1 aromatic heterocycles. The average molecular weight is 270 g/mol. The van der Waals surface area contributed by atoms with E-state index in [0.29, 0.717) is 30.9 Å². The van der Waals surface area contributed by atoms with Crippen LogP contribution < -0.4 is 5.32 Å². The number of nitrogens with zero attached hydrogens (tertiary/aromatic N) is 1. The standard InChI is InChI=1S/C12H18N2O3S/c1-4-17-10(15)6-5-7-13-12(16)11-8(2)14-9(3)18-11/h4-7H2,1-3H3,(H,13,16).